The molecule has 33 heavy (non-hydrogen) atoms. The monoisotopic (exact) mass is 480 g/mol. The summed E-state index contributed by atoms with van der Waals surface area (Å²) >= 11 is 6.35. The van der Waals surface area contributed by atoms with Gasteiger partial charge in [0.15, 0.2) is 11.6 Å². The van der Waals surface area contributed by atoms with Crippen molar-refractivity contribution in [3.05, 3.63) is 41.4 Å². The van der Waals surface area contributed by atoms with Gasteiger partial charge in [0.1, 0.15) is 6.17 Å². The molecule has 3 N–H and O–H groups in total. The van der Waals surface area contributed by atoms with Crippen molar-refractivity contribution in [1.82, 2.24) is 19.8 Å². The number of amides is 1. The van der Waals surface area contributed by atoms with Gasteiger partial charge in [-0.15, -0.1) is 0 Å². The van der Waals surface area contributed by atoms with Gasteiger partial charge in [0.05, 0.1) is 39.9 Å². The highest BCUT2D eigenvalue weighted by Crippen LogP contribution is 2.42. The fourth-order valence-corrected chi connectivity index (χ4v) is 3.99. The number of anilines is 2. The van der Waals surface area contributed by atoms with Crippen LogP contribution in [0, 0.1) is 11.7 Å². The molecule has 4 aromatic rings. The molecule has 5 rings (SSSR count). The number of rotatable bonds is 6. The molecule has 1 amide bonds. The number of fused-ring (bicyclic) bond motifs is 2. The number of pyridine rings is 1. The van der Waals surface area contributed by atoms with Crippen LogP contribution in [0.25, 0.3) is 27.5 Å². The first kappa shape index (κ1) is 21.5. The summed E-state index contributed by atoms with van der Waals surface area (Å²) in [6, 6.07) is 3.60. The number of hydrogen-bond donors (Lipinski definition) is 3. The van der Waals surface area contributed by atoms with Gasteiger partial charge in [-0.05, 0) is 31.0 Å². The minimum absolute atomic E-state index is 0.189. The summed E-state index contributed by atoms with van der Waals surface area (Å²) in [6.45, 7) is 1.23. The highest BCUT2D eigenvalue weighted by atomic mass is 35.5. The second-order valence-corrected chi connectivity index (χ2v) is 8.34. The number of nitrogens with zero attached hydrogens (tertiary/aromatic N) is 3. The fraction of sp³-hybridized carbons (Fsp3) is 0.286. The number of alkyl halides is 3. The van der Waals surface area contributed by atoms with E-state index in [0.717, 1.165) is 0 Å². The van der Waals surface area contributed by atoms with Crippen molar-refractivity contribution in [3.8, 4) is 11.1 Å². The highest BCUT2D eigenvalue weighted by molar-refractivity contribution is 6.36. The molecule has 7 nitrogen and oxygen atoms in total. The van der Waals surface area contributed by atoms with Crippen LogP contribution in [0.4, 0.5) is 29.1 Å². The molecule has 3 atom stereocenters. The molecule has 0 saturated heterocycles. The van der Waals surface area contributed by atoms with Crippen LogP contribution in [-0.2, 0) is 4.79 Å². The van der Waals surface area contributed by atoms with Crippen molar-refractivity contribution in [3.63, 3.8) is 0 Å². The molecular weight excluding hydrogens is 464 g/mol. The lowest BCUT2D eigenvalue weighted by atomic mass is 10.0. The van der Waals surface area contributed by atoms with Crippen LogP contribution in [-0.4, -0.2) is 44.4 Å². The van der Waals surface area contributed by atoms with E-state index in [-0.39, 0.29) is 28.5 Å². The summed E-state index contributed by atoms with van der Waals surface area (Å²) in [5.41, 5.74) is 1.42. The largest absolute Gasteiger partial charge is 0.373 e. The average Bonchev–Trinajstić information content (AvgIpc) is 3.15. The molecule has 0 radical (unpaired) electrons. The highest BCUT2D eigenvalue weighted by Gasteiger charge is 2.43. The van der Waals surface area contributed by atoms with Crippen LogP contribution in [0.3, 0.4) is 0 Å². The quantitative estimate of drug-likeness (QED) is 0.338. The van der Waals surface area contributed by atoms with E-state index in [9.17, 15) is 18.0 Å². The van der Waals surface area contributed by atoms with Gasteiger partial charge in [-0.1, -0.05) is 11.6 Å². The summed E-state index contributed by atoms with van der Waals surface area (Å²) in [4.78, 5) is 12.0. The molecule has 1 aromatic carbocycles. The zero-order valence-corrected chi connectivity index (χ0v) is 17.8. The summed E-state index contributed by atoms with van der Waals surface area (Å²) in [6.07, 6.45) is -0.598. The maximum absolute atomic E-state index is 15.2. The van der Waals surface area contributed by atoms with Gasteiger partial charge in [0, 0.05) is 23.2 Å². The van der Waals surface area contributed by atoms with E-state index in [1.54, 1.807) is 24.4 Å². The lowest BCUT2D eigenvalue weighted by molar-refractivity contribution is -0.117. The topological polar surface area (TPSA) is 87.1 Å². The van der Waals surface area contributed by atoms with Crippen molar-refractivity contribution in [2.75, 3.05) is 10.6 Å². The minimum atomic E-state index is -2.71. The van der Waals surface area contributed by atoms with E-state index < -0.39 is 36.3 Å². The van der Waals surface area contributed by atoms with E-state index in [4.69, 9.17) is 11.6 Å². The molecule has 12 heteroatoms. The fourth-order valence-electron chi connectivity index (χ4n) is 3.69. The zero-order chi connectivity index (χ0) is 23.4. The predicted octanol–water partition coefficient (Wildman–Crippen LogP) is 5.03. The first-order valence-electron chi connectivity index (χ1n) is 10.1. The first-order valence-corrected chi connectivity index (χ1v) is 10.5. The summed E-state index contributed by atoms with van der Waals surface area (Å²) < 4.78 is 55.8. The standard InChI is InChI=1S/C21H17ClF4N6O/c1-8(20(25)26)28-19-17(24)16(22)15(12-7-27-30-18(12)19)9-2-3-32-10(4-9)5-14(31-32)29-21(33)11-6-13(11)23/h2-5,7-8,11,13,20,28H,6H2,1H3,(H,27,30)(H,29,31,33). The van der Waals surface area contributed by atoms with Gasteiger partial charge < -0.3 is 10.6 Å². The molecule has 3 heterocycles. The average molecular weight is 481 g/mol. The summed E-state index contributed by atoms with van der Waals surface area (Å²) in [5, 5.41) is 16.0. The second-order valence-electron chi connectivity index (χ2n) is 7.97. The van der Waals surface area contributed by atoms with E-state index >= 15 is 4.39 Å². The molecule has 0 bridgehead atoms. The number of nitrogens with one attached hydrogen (secondary N) is 3. The van der Waals surface area contributed by atoms with Crippen LogP contribution in [0.2, 0.25) is 5.02 Å². The van der Waals surface area contributed by atoms with Crippen LogP contribution in [0.1, 0.15) is 13.3 Å². The van der Waals surface area contributed by atoms with Crippen LogP contribution < -0.4 is 10.6 Å². The number of H-pyrrole nitrogens is 1. The molecule has 1 aliphatic rings. The Morgan fingerprint density at radius 2 is 2.12 bits per heavy atom. The number of aromatic amines is 1. The van der Waals surface area contributed by atoms with Crippen molar-refractivity contribution in [1.29, 1.82) is 0 Å². The molecule has 1 fully saturated rings. The van der Waals surface area contributed by atoms with E-state index in [0.29, 0.717) is 22.0 Å². The Morgan fingerprint density at radius 3 is 2.82 bits per heavy atom. The molecule has 0 spiro atoms. The molecule has 1 aliphatic carbocycles. The zero-order valence-electron chi connectivity index (χ0n) is 17.0. The molecule has 3 unspecified atom stereocenters. The lowest BCUT2D eigenvalue weighted by Gasteiger charge is -2.18. The summed E-state index contributed by atoms with van der Waals surface area (Å²) in [5.74, 6) is -1.72. The Balaban J connectivity index is 1.54. The molecule has 1 saturated carbocycles. The Kier molecular flexibility index (Phi) is 5.15. The van der Waals surface area contributed by atoms with Crippen LogP contribution in [0.5, 0.6) is 0 Å². The predicted molar refractivity (Wildman–Crippen MR) is 116 cm³/mol. The minimum Gasteiger partial charge on any atom is -0.373 e. The third-order valence-electron chi connectivity index (χ3n) is 5.59. The Hall–Kier alpha value is -3.34. The second kappa shape index (κ2) is 7.91. The van der Waals surface area contributed by atoms with Gasteiger partial charge in [0.2, 0.25) is 5.91 Å². The normalized spacial score (nSPS) is 18.8. The Bertz CT molecular complexity index is 1390. The summed E-state index contributed by atoms with van der Waals surface area (Å²) in [7, 11) is 0. The molecule has 3 aromatic heterocycles. The number of benzene rings is 1. The van der Waals surface area contributed by atoms with Crippen LogP contribution in [0.15, 0.2) is 30.6 Å². The lowest BCUT2D eigenvalue weighted by Crippen LogP contribution is -2.24. The van der Waals surface area contributed by atoms with Gasteiger partial charge in [-0.25, -0.2) is 22.1 Å². The third-order valence-corrected chi connectivity index (χ3v) is 5.95. The molecule has 172 valence electrons. The number of carbonyl (C=O) groups excluding carboxylic acids is 1. The molecular formula is C21H17ClF4N6O. The van der Waals surface area contributed by atoms with E-state index in [2.05, 4.69) is 25.9 Å². The number of halogens is 5. The van der Waals surface area contributed by atoms with Gasteiger partial charge in [-0.2, -0.15) is 10.2 Å². The third kappa shape index (κ3) is 3.75. The van der Waals surface area contributed by atoms with Crippen molar-refractivity contribution in [2.45, 2.75) is 32.0 Å². The number of carbonyl (C=O) groups is 1. The van der Waals surface area contributed by atoms with E-state index in [1.807, 2.05) is 0 Å². The van der Waals surface area contributed by atoms with Crippen molar-refractivity contribution >= 4 is 45.4 Å². The van der Waals surface area contributed by atoms with E-state index in [1.165, 1.54) is 17.6 Å². The first-order chi connectivity index (χ1) is 15.7. The maximum Gasteiger partial charge on any atom is 0.258 e. The Labute approximate surface area is 189 Å². The number of hydrogen-bond acceptors (Lipinski definition) is 4. The van der Waals surface area contributed by atoms with Gasteiger partial charge >= 0.3 is 0 Å². The van der Waals surface area contributed by atoms with Crippen molar-refractivity contribution < 1.29 is 22.4 Å². The van der Waals surface area contributed by atoms with Gasteiger partial charge in [-0.3, -0.25) is 9.89 Å². The van der Waals surface area contributed by atoms with Crippen LogP contribution >= 0.6 is 11.6 Å². The maximum atomic E-state index is 15.2. The van der Waals surface area contributed by atoms with Crippen molar-refractivity contribution in [2.24, 2.45) is 5.92 Å². The Morgan fingerprint density at radius 1 is 1.36 bits per heavy atom. The number of aromatic nitrogens is 4. The molecule has 0 aliphatic heterocycles. The SMILES string of the molecule is CC(Nc1c(F)c(Cl)c(-c2ccn3nc(NC(=O)C4CC4F)cc3c2)c2cn[nH]c12)C(F)F. The van der Waals surface area contributed by atoms with Gasteiger partial charge in [0.25, 0.3) is 6.43 Å². The smallest absolute Gasteiger partial charge is 0.258 e.